The largest absolute Gasteiger partial charge is 0.459 e. The van der Waals surface area contributed by atoms with Crippen LogP contribution in [0.15, 0.2) is 53.1 Å². The second-order valence-electron chi connectivity index (χ2n) is 3.86. The quantitative estimate of drug-likeness (QED) is 0.815. The minimum absolute atomic E-state index is 0.233. The molecule has 20 heavy (non-hydrogen) atoms. The van der Waals surface area contributed by atoms with Gasteiger partial charge in [0.15, 0.2) is 5.76 Å². The van der Waals surface area contributed by atoms with Gasteiger partial charge in [-0.2, -0.15) is 0 Å². The molecule has 0 saturated carbocycles. The SMILES string of the molecule is O=C(NCCNC(=O)c1ccco1)Oc1ccccc1. The zero-order valence-corrected chi connectivity index (χ0v) is 10.7. The molecule has 2 aromatic rings. The highest BCUT2D eigenvalue weighted by molar-refractivity contribution is 5.91. The molecule has 6 nitrogen and oxygen atoms in total. The van der Waals surface area contributed by atoms with Crippen molar-refractivity contribution in [2.24, 2.45) is 0 Å². The van der Waals surface area contributed by atoms with Gasteiger partial charge in [-0.1, -0.05) is 18.2 Å². The normalized spacial score (nSPS) is 9.80. The second kappa shape index (κ2) is 6.98. The number of nitrogens with one attached hydrogen (secondary N) is 2. The van der Waals surface area contributed by atoms with Gasteiger partial charge in [0.25, 0.3) is 5.91 Å². The van der Waals surface area contributed by atoms with Crippen molar-refractivity contribution in [1.82, 2.24) is 10.6 Å². The number of amides is 2. The summed E-state index contributed by atoms with van der Waals surface area (Å²) in [5.74, 6) is 0.370. The van der Waals surface area contributed by atoms with Gasteiger partial charge in [-0.25, -0.2) is 4.79 Å². The highest BCUT2D eigenvalue weighted by Gasteiger charge is 2.07. The van der Waals surface area contributed by atoms with E-state index >= 15 is 0 Å². The smallest absolute Gasteiger partial charge is 0.412 e. The predicted octanol–water partition coefficient (Wildman–Crippen LogP) is 1.80. The van der Waals surface area contributed by atoms with E-state index in [0.717, 1.165) is 0 Å². The zero-order chi connectivity index (χ0) is 14.2. The predicted molar refractivity (Wildman–Crippen MR) is 71.5 cm³/mol. The van der Waals surface area contributed by atoms with Gasteiger partial charge in [-0.15, -0.1) is 0 Å². The maximum atomic E-state index is 11.5. The summed E-state index contributed by atoms with van der Waals surface area (Å²) in [4.78, 5) is 22.9. The molecule has 0 aliphatic rings. The van der Waals surface area contributed by atoms with Crippen LogP contribution in [0.3, 0.4) is 0 Å². The Bertz CT molecular complexity index is 552. The van der Waals surface area contributed by atoms with Crippen LogP contribution >= 0.6 is 0 Å². The number of hydrogen-bond acceptors (Lipinski definition) is 4. The Morgan fingerprint density at radius 2 is 1.75 bits per heavy atom. The number of carbonyl (C=O) groups is 2. The highest BCUT2D eigenvalue weighted by atomic mass is 16.6. The van der Waals surface area contributed by atoms with E-state index in [2.05, 4.69) is 10.6 Å². The minimum Gasteiger partial charge on any atom is -0.459 e. The first-order chi connectivity index (χ1) is 9.75. The molecule has 2 amide bonds. The van der Waals surface area contributed by atoms with Crippen LogP contribution < -0.4 is 15.4 Å². The van der Waals surface area contributed by atoms with E-state index in [1.807, 2.05) is 6.07 Å². The fourth-order valence-electron chi connectivity index (χ4n) is 1.47. The van der Waals surface area contributed by atoms with Crippen molar-refractivity contribution in [1.29, 1.82) is 0 Å². The first kappa shape index (κ1) is 13.7. The molecule has 2 rings (SSSR count). The van der Waals surface area contributed by atoms with Crippen molar-refractivity contribution in [3.8, 4) is 5.75 Å². The summed E-state index contributed by atoms with van der Waals surface area (Å²) in [5, 5.41) is 5.13. The zero-order valence-electron chi connectivity index (χ0n) is 10.7. The summed E-state index contributed by atoms with van der Waals surface area (Å²) in [6, 6.07) is 11.9. The number of ether oxygens (including phenoxy) is 1. The molecule has 0 unspecified atom stereocenters. The van der Waals surface area contributed by atoms with E-state index in [0.29, 0.717) is 5.75 Å². The maximum Gasteiger partial charge on any atom is 0.412 e. The van der Waals surface area contributed by atoms with E-state index in [4.69, 9.17) is 9.15 Å². The van der Waals surface area contributed by atoms with Gasteiger partial charge in [-0.05, 0) is 24.3 Å². The van der Waals surface area contributed by atoms with E-state index in [1.54, 1.807) is 36.4 Å². The van der Waals surface area contributed by atoms with Crippen LogP contribution in [0.5, 0.6) is 5.75 Å². The Morgan fingerprint density at radius 1 is 1.00 bits per heavy atom. The fourth-order valence-corrected chi connectivity index (χ4v) is 1.47. The number of carbonyl (C=O) groups excluding carboxylic acids is 2. The number of benzene rings is 1. The maximum absolute atomic E-state index is 11.5. The van der Waals surface area contributed by atoms with Crippen molar-refractivity contribution in [2.75, 3.05) is 13.1 Å². The Balaban J connectivity index is 1.64. The lowest BCUT2D eigenvalue weighted by molar-refractivity contribution is 0.0925. The molecule has 1 aromatic carbocycles. The number of rotatable bonds is 5. The lowest BCUT2D eigenvalue weighted by atomic mass is 10.3. The van der Waals surface area contributed by atoms with Gasteiger partial charge < -0.3 is 19.8 Å². The molecule has 2 N–H and O–H groups in total. The molecular weight excluding hydrogens is 260 g/mol. The second-order valence-corrected chi connectivity index (χ2v) is 3.86. The molecule has 0 saturated heterocycles. The molecule has 0 fully saturated rings. The van der Waals surface area contributed by atoms with Gasteiger partial charge in [0.05, 0.1) is 6.26 Å². The summed E-state index contributed by atoms with van der Waals surface area (Å²) in [6.45, 7) is 0.543. The molecule has 0 spiro atoms. The molecule has 6 heteroatoms. The van der Waals surface area contributed by atoms with Gasteiger partial charge in [0.1, 0.15) is 5.75 Å². The van der Waals surface area contributed by atoms with E-state index in [-0.39, 0.29) is 24.8 Å². The van der Waals surface area contributed by atoms with Crippen molar-refractivity contribution in [2.45, 2.75) is 0 Å². The van der Waals surface area contributed by atoms with E-state index in [9.17, 15) is 9.59 Å². The minimum atomic E-state index is -0.566. The third-order valence-corrected chi connectivity index (χ3v) is 2.38. The molecule has 0 bridgehead atoms. The average molecular weight is 274 g/mol. The summed E-state index contributed by atoms with van der Waals surface area (Å²) in [7, 11) is 0. The van der Waals surface area contributed by atoms with Crippen LogP contribution in [-0.4, -0.2) is 25.1 Å². The lowest BCUT2D eigenvalue weighted by Gasteiger charge is -2.07. The fraction of sp³-hybridized carbons (Fsp3) is 0.143. The summed E-state index contributed by atoms with van der Waals surface area (Å²) < 4.78 is 9.94. The molecule has 1 aromatic heterocycles. The Morgan fingerprint density at radius 3 is 2.45 bits per heavy atom. The molecule has 0 atom stereocenters. The van der Waals surface area contributed by atoms with Gasteiger partial charge >= 0.3 is 6.09 Å². The molecule has 0 aliphatic carbocycles. The van der Waals surface area contributed by atoms with Gasteiger partial charge in [0, 0.05) is 13.1 Å². The molecule has 0 aliphatic heterocycles. The Hall–Kier alpha value is -2.76. The van der Waals surface area contributed by atoms with Crippen LogP contribution in [-0.2, 0) is 0 Å². The first-order valence-electron chi connectivity index (χ1n) is 6.08. The molecular formula is C14H14N2O4. The van der Waals surface area contributed by atoms with Crippen molar-refractivity contribution < 1.29 is 18.7 Å². The summed E-state index contributed by atoms with van der Waals surface area (Å²) in [6.07, 6.45) is 0.855. The lowest BCUT2D eigenvalue weighted by Crippen LogP contribution is -2.35. The topological polar surface area (TPSA) is 80.6 Å². The third kappa shape index (κ3) is 4.16. The summed E-state index contributed by atoms with van der Waals surface area (Å²) >= 11 is 0. The molecule has 1 heterocycles. The van der Waals surface area contributed by atoms with Crippen molar-refractivity contribution >= 4 is 12.0 Å². The number of furan rings is 1. The van der Waals surface area contributed by atoms with E-state index in [1.165, 1.54) is 6.26 Å². The van der Waals surface area contributed by atoms with Crippen LogP contribution in [0.4, 0.5) is 4.79 Å². The molecule has 0 radical (unpaired) electrons. The van der Waals surface area contributed by atoms with Crippen LogP contribution in [0.2, 0.25) is 0 Å². The Kier molecular flexibility index (Phi) is 4.77. The number of hydrogen-bond donors (Lipinski definition) is 2. The van der Waals surface area contributed by atoms with Gasteiger partial charge in [0.2, 0.25) is 0 Å². The van der Waals surface area contributed by atoms with Crippen molar-refractivity contribution in [3.63, 3.8) is 0 Å². The van der Waals surface area contributed by atoms with Gasteiger partial charge in [-0.3, -0.25) is 4.79 Å². The first-order valence-corrected chi connectivity index (χ1v) is 6.08. The number of para-hydroxylation sites is 1. The monoisotopic (exact) mass is 274 g/mol. The van der Waals surface area contributed by atoms with Crippen LogP contribution in [0, 0.1) is 0 Å². The third-order valence-electron chi connectivity index (χ3n) is 2.38. The Labute approximate surface area is 115 Å². The van der Waals surface area contributed by atoms with Crippen LogP contribution in [0.25, 0.3) is 0 Å². The summed E-state index contributed by atoms with van der Waals surface area (Å²) in [5.41, 5.74) is 0. The molecule has 104 valence electrons. The van der Waals surface area contributed by atoms with Crippen molar-refractivity contribution in [3.05, 3.63) is 54.5 Å². The van der Waals surface area contributed by atoms with Crippen LogP contribution in [0.1, 0.15) is 10.6 Å². The standard InChI is InChI=1S/C14H14N2O4/c17-13(12-7-4-10-19-12)15-8-9-16-14(18)20-11-5-2-1-3-6-11/h1-7,10H,8-9H2,(H,15,17)(H,16,18). The highest BCUT2D eigenvalue weighted by Crippen LogP contribution is 2.07. The van der Waals surface area contributed by atoms with E-state index < -0.39 is 6.09 Å². The average Bonchev–Trinajstić information content (AvgIpc) is 2.99.